The van der Waals surface area contributed by atoms with Gasteiger partial charge in [-0.15, -0.1) is 0 Å². The molecule has 0 amide bonds. The second kappa shape index (κ2) is 8.24. The number of para-hydroxylation sites is 1. The van der Waals surface area contributed by atoms with Crippen molar-refractivity contribution in [3.63, 3.8) is 0 Å². The highest BCUT2D eigenvalue weighted by Gasteiger charge is 2.40. The average Bonchev–Trinajstić information content (AvgIpc) is 2.95. The van der Waals surface area contributed by atoms with E-state index in [1.165, 1.54) is 44.1 Å². The molecule has 1 N–H and O–H groups in total. The summed E-state index contributed by atoms with van der Waals surface area (Å²) >= 11 is 6.48. The standard InChI is InChI=1S/C25H30ClN3O/c26-21-11-8-12-22-23(21)29(24(30)27-22)20-13-17-28(18-14-20)25(15-6-1-2-7-16-25)19-9-4-3-5-10-19/h3-5,8-12,20H,1-2,6-7,13-18H2,(H,27,30). The van der Waals surface area contributed by atoms with Crippen molar-refractivity contribution in [2.75, 3.05) is 13.1 Å². The summed E-state index contributed by atoms with van der Waals surface area (Å²) in [7, 11) is 0. The highest BCUT2D eigenvalue weighted by molar-refractivity contribution is 6.34. The van der Waals surface area contributed by atoms with Crippen LogP contribution in [0.25, 0.3) is 11.0 Å². The summed E-state index contributed by atoms with van der Waals surface area (Å²) < 4.78 is 1.91. The van der Waals surface area contributed by atoms with Crippen molar-refractivity contribution >= 4 is 22.6 Å². The first-order chi connectivity index (χ1) is 14.7. The van der Waals surface area contributed by atoms with Crippen molar-refractivity contribution in [2.24, 2.45) is 0 Å². The first kappa shape index (κ1) is 19.9. The van der Waals surface area contributed by atoms with E-state index in [-0.39, 0.29) is 17.3 Å². The molecule has 2 aromatic carbocycles. The third-order valence-corrected chi connectivity index (χ3v) is 7.67. The molecule has 2 aliphatic rings. The van der Waals surface area contributed by atoms with Gasteiger partial charge < -0.3 is 4.98 Å². The van der Waals surface area contributed by atoms with E-state index in [1.807, 2.05) is 22.8 Å². The summed E-state index contributed by atoms with van der Waals surface area (Å²) in [6.07, 6.45) is 9.71. The molecule has 1 aliphatic carbocycles. The van der Waals surface area contributed by atoms with Crippen molar-refractivity contribution in [1.29, 1.82) is 0 Å². The molecule has 1 saturated heterocycles. The van der Waals surface area contributed by atoms with Gasteiger partial charge in [-0.1, -0.05) is 73.7 Å². The van der Waals surface area contributed by atoms with Gasteiger partial charge in [0.05, 0.1) is 16.1 Å². The van der Waals surface area contributed by atoms with Crippen LogP contribution >= 0.6 is 11.6 Å². The molecule has 2 fully saturated rings. The lowest BCUT2D eigenvalue weighted by atomic mass is 9.79. The lowest BCUT2D eigenvalue weighted by molar-refractivity contribution is 0.0356. The largest absolute Gasteiger partial charge is 0.326 e. The van der Waals surface area contributed by atoms with Crippen LogP contribution in [0, 0.1) is 0 Å². The Balaban J connectivity index is 1.44. The maximum Gasteiger partial charge on any atom is 0.326 e. The number of hydrogen-bond donors (Lipinski definition) is 1. The summed E-state index contributed by atoms with van der Waals surface area (Å²) in [4.78, 5) is 18.5. The predicted molar refractivity (Wildman–Crippen MR) is 123 cm³/mol. The topological polar surface area (TPSA) is 41.0 Å². The minimum absolute atomic E-state index is 0.0382. The smallest absolute Gasteiger partial charge is 0.305 e. The zero-order chi connectivity index (χ0) is 20.6. The highest BCUT2D eigenvalue weighted by atomic mass is 35.5. The Morgan fingerprint density at radius 3 is 2.30 bits per heavy atom. The number of likely N-dealkylation sites (tertiary alicyclic amines) is 1. The molecule has 3 aromatic rings. The van der Waals surface area contributed by atoms with Gasteiger partial charge in [0.1, 0.15) is 0 Å². The van der Waals surface area contributed by atoms with Gasteiger partial charge in [-0.3, -0.25) is 9.47 Å². The van der Waals surface area contributed by atoms with E-state index in [1.54, 1.807) is 0 Å². The van der Waals surface area contributed by atoms with Gasteiger partial charge in [0.15, 0.2) is 0 Å². The molecule has 0 atom stereocenters. The molecule has 0 unspecified atom stereocenters. The van der Waals surface area contributed by atoms with E-state index in [0.717, 1.165) is 37.0 Å². The van der Waals surface area contributed by atoms with Crippen LogP contribution in [-0.2, 0) is 5.54 Å². The number of fused-ring (bicyclic) bond motifs is 1. The number of rotatable bonds is 3. The second-order valence-corrected chi connectivity index (χ2v) is 9.37. The fraction of sp³-hybridized carbons (Fsp3) is 0.480. The first-order valence-corrected chi connectivity index (χ1v) is 11.8. The molecule has 158 valence electrons. The van der Waals surface area contributed by atoms with Crippen LogP contribution in [0.1, 0.15) is 63.0 Å². The Hall–Kier alpha value is -2.04. The molecule has 1 saturated carbocycles. The van der Waals surface area contributed by atoms with Gasteiger partial charge in [0.25, 0.3) is 0 Å². The van der Waals surface area contributed by atoms with E-state index < -0.39 is 0 Å². The van der Waals surface area contributed by atoms with E-state index in [9.17, 15) is 4.79 Å². The molecule has 5 rings (SSSR count). The van der Waals surface area contributed by atoms with Crippen molar-refractivity contribution < 1.29 is 0 Å². The Kier molecular flexibility index (Phi) is 5.46. The summed E-state index contributed by atoms with van der Waals surface area (Å²) in [6.45, 7) is 2.03. The molecule has 2 heterocycles. The van der Waals surface area contributed by atoms with Crippen LogP contribution in [0.15, 0.2) is 53.3 Å². The van der Waals surface area contributed by atoms with Gasteiger partial charge in [-0.25, -0.2) is 4.79 Å². The van der Waals surface area contributed by atoms with Crippen LogP contribution in [0.2, 0.25) is 5.02 Å². The minimum atomic E-state index is -0.0382. The van der Waals surface area contributed by atoms with E-state index in [0.29, 0.717) is 5.02 Å². The van der Waals surface area contributed by atoms with Crippen molar-refractivity contribution in [3.8, 4) is 0 Å². The molecule has 0 radical (unpaired) electrons. The third-order valence-electron chi connectivity index (χ3n) is 7.36. The van der Waals surface area contributed by atoms with Crippen LogP contribution < -0.4 is 5.69 Å². The Morgan fingerprint density at radius 1 is 0.900 bits per heavy atom. The predicted octanol–water partition coefficient (Wildman–Crippen LogP) is 5.87. The van der Waals surface area contributed by atoms with Crippen molar-refractivity contribution in [3.05, 3.63) is 69.6 Å². The average molecular weight is 424 g/mol. The number of nitrogens with zero attached hydrogens (tertiary/aromatic N) is 2. The lowest BCUT2D eigenvalue weighted by Crippen LogP contribution is -2.50. The number of nitrogens with one attached hydrogen (secondary N) is 1. The molecule has 5 heteroatoms. The van der Waals surface area contributed by atoms with Crippen molar-refractivity contribution in [2.45, 2.75) is 62.9 Å². The lowest BCUT2D eigenvalue weighted by Gasteiger charge is -2.47. The van der Waals surface area contributed by atoms with Gasteiger partial charge in [0.2, 0.25) is 0 Å². The van der Waals surface area contributed by atoms with Gasteiger partial charge in [-0.2, -0.15) is 0 Å². The van der Waals surface area contributed by atoms with Crippen LogP contribution in [-0.4, -0.2) is 27.5 Å². The monoisotopic (exact) mass is 423 g/mol. The zero-order valence-electron chi connectivity index (χ0n) is 17.4. The summed E-state index contributed by atoms with van der Waals surface area (Å²) in [6, 6.07) is 17.0. The minimum Gasteiger partial charge on any atom is -0.305 e. The van der Waals surface area contributed by atoms with Gasteiger partial charge >= 0.3 is 5.69 Å². The highest BCUT2D eigenvalue weighted by Crippen LogP contribution is 2.43. The van der Waals surface area contributed by atoms with Crippen LogP contribution in [0.5, 0.6) is 0 Å². The van der Waals surface area contributed by atoms with E-state index in [2.05, 4.69) is 40.2 Å². The molecule has 4 nitrogen and oxygen atoms in total. The Bertz CT molecular complexity index is 1050. The third kappa shape index (κ3) is 3.40. The van der Waals surface area contributed by atoms with Gasteiger partial charge in [0, 0.05) is 24.7 Å². The van der Waals surface area contributed by atoms with Crippen LogP contribution in [0.4, 0.5) is 0 Å². The van der Waals surface area contributed by atoms with Crippen molar-refractivity contribution in [1.82, 2.24) is 14.5 Å². The quantitative estimate of drug-likeness (QED) is 0.535. The van der Waals surface area contributed by atoms with Gasteiger partial charge in [-0.05, 0) is 43.4 Å². The Morgan fingerprint density at radius 2 is 1.60 bits per heavy atom. The zero-order valence-corrected chi connectivity index (χ0v) is 18.2. The second-order valence-electron chi connectivity index (χ2n) is 8.97. The number of aromatic nitrogens is 2. The van der Waals surface area contributed by atoms with E-state index >= 15 is 0 Å². The molecule has 30 heavy (non-hydrogen) atoms. The molecule has 1 aliphatic heterocycles. The first-order valence-electron chi connectivity index (χ1n) is 11.4. The molecular formula is C25H30ClN3O. The number of aromatic amines is 1. The summed E-state index contributed by atoms with van der Waals surface area (Å²) in [5.74, 6) is 0. The fourth-order valence-corrected chi connectivity index (χ4v) is 6.15. The number of halogens is 1. The normalized spacial score (nSPS) is 21.0. The molecule has 1 aromatic heterocycles. The number of imidazole rings is 1. The summed E-state index contributed by atoms with van der Waals surface area (Å²) in [5, 5.41) is 0.651. The summed E-state index contributed by atoms with van der Waals surface area (Å²) in [5.41, 5.74) is 3.27. The SMILES string of the molecule is O=c1[nH]c2cccc(Cl)c2n1C1CCN(C2(c3ccccc3)CCCCCC2)CC1. The van der Waals surface area contributed by atoms with Crippen LogP contribution in [0.3, 0.4) is 0 Å². The number of piperidine rings is 1. The maximum atomic E-state index is 12.7. The number of H-pyrrole nitrogens is 1. The Labute approximate surface area is 182 Å². The van der Waals surface area contributed by atoms with E-state index in [4.69, 9.17) is 11.6 Å². The number of benzene rings is 2. The molecule has 0 spiro atoms. The molecule has 0 bridgehead atoms. The number of hydrogen-bond acceptors (Lipinski definition) is 2. The fourth-order valence-electron chi connectivity index (χ4n) is 5.89. The maximum absolute atomic E-state index is 12.7. The molecular weight excluding hydrogens is 394 g/mol.